The van der Waals surface area contributed by atoms with E-state index in [0.717, 1.165) is 37.6 Å². The van der Waals surface area contributed by atoms with Crippen LogP contribution in [0.4, 0.5) is 5.82 Å². The first-order valence-electron chi connectivity index (χ1n) is 7.72. The third kappa shape index (κ3) is 3.26. The highest BCUT2D eigenvalue weighted by Gasteiger charge is 2.22. The Morgan fingerprint density at radius 2 is 1.82 bits per heavy atom. The molecule has 1 aliphatic heterocycles. The first-order chi connectivity index (χ1) is 10.8. The van der Waals surface area contributed by atoms with Gasteiger partial charge in [0.25, 0.3) is 0 Å². The van der Waals surface area contributed by atoms with Gasteiger partial charge in [-0.3, -0.25) is 4.90 Å². The number of aromatic nitrogens is 2. The van der Waals surface area contributed by atoms with E-state index in [1.165, 1.54) is 5.56 Å². The quantitative estimate of drug-likeness (QED) is 0.933. The van der Waals surface area contributed by atoms with E-state index in [4.69, 9.17) is 5.11 Å². The van der Waals surface area contributed by atoms with Crippen molar-refractivity contribution in [1.29, 1.82) is 0 Å². The van der Waals surface area contributed by atoms with Crippen LogP contribution in [0.3, 0.4) is 0 Å². The molecule has 1 saturated heterocycles. The zero-order valence-corrected chi connectivity index (χ0v) is 12.9. The molecular weight excluding hydrogens is 276 g/mol. The molecule has 0 amide bonds. The van der Waals surface area contributed by atoms with Gasteiger partial charge in [0.15, 0.2) is 0 Å². The second kappa shape index (κ2) is 6.85. The van der Waals surface area contributed by atoms with Gasteiger partial charge in [0.2, 0.25) is 0 Å². The molecule has 0 unspecified atom stereocenters. The number of aliphatic hydroxyl groups excluding tert-OH is 1. The molecule has 0 saturated carbocycles. The van der Waals surface area contributed by atoms with Crippen LogP contribution in [0, 0.1) is 0 Å². The molecule has 1 N–H and O–H groups in total. The molecule has 5 heteroatoms. The van der Waals surface area contributed by atoms with Crippen molar-refractivity contribution < 1.29 is 5.11 Å². The van der Waals surface area contributed by atoms with Crippen molar-refractivity contribution in [2.75, 3.05) is 31.1 Å². The van der Waals surface area contributed by atoms with Gasteiger partial charge < -0.3 is 10.0 Å². The topological polar surface area (TPSA) is 52.5 Å². The number of rotatable bonds is 4. The van der Waals surface area contributed by atoms with Crippen LogP contribution in [0.2, 0.25) is 0 Å². The van der Waals surface area contributed by atoms with Gasteiger partial charge in [0.05, 0.1) is 6.61 Å². The third-order valence-corrected chi connectivity index (χ3v) is 4.40. The van der Waals surface area contributed by atoms with Crippen LogP contribution in [-0.2, 0) is 6.61 Å². The van der Waals surface area contributed by atoms with Crippen molar-refractivity contribution in [2.45, 2.75) is 19.6 Å². The van der Waals surface area contributed by atoms with Gasteiger partial charge in [-0.25, -0.2) is 9.97 Å². The predicted molar refractivity (Wildman–Crippen MR) is 86.6 cm³/mol. The highest BCUT2D eigenvalue weighted by atomic mass is 16.3. The van der Waals surface area contributed by atoms with Crippen molar-refractivity contribution in [2.24, 2.45) is 0 Å². The number of anilines is 1. The standard InChI is InChI=1S/C17H22N4O/c1-14(16-4-2-15(12-22)3-5-16)20-8-10-21(11-9-20)17-6-7-18-13-19-17/h2-7,13-14,22H,8-12H2,1H3/t14-/m1/s1. The summed E-state index contributed by atoms with van der Waals surface area (Å²) in [6.07, 6.45) is 3.40. The molecule has 1 fully saturated rings. The lowest BCUT2D eigenvalue weighted by Gasteiger charge is -2.38. The summed E-state index contributed by atoms with van der Waals surface area (Å²) in [5.74, 6) is 1.01. The molecule has 2 aromatic rings. The Balaban J connectivity index is 1.60. The summed E-state index contributed by atoms with van der Waals surface area (Å²) in [4.78, 5) is 13.1. The van der Waals surface area contributed by atoms with Crippen molar-refractivity contribution >= 4 is 5.82 Å². The number of hydrogen-bond donors (Lipinski definition) is 1. The fourth-order valence-electron chi connectivity index (χ4n) is 2.92. The monoisotopic (exact) mass is 298 g/mol. The molecule has 1 aromatic carbocycles. The lowest BCUT2D eigenvalue weighted by atomic mass is 10.0. The fourth-order valence-corrected chi connectivity index (χ4v) is 2.92. The Bertz CT molecular complexity index is 579. The smallest absolute Gasteiger partial charge is 0.131 e. The molecule has 116 valence electrons. The van der Waals surface area contributed by atoms with E-state index >= 15 is 0 Å². The van der Waals surface area contributed by atoms with E-state index in [-0.39, 0.29) is 6.61 Å². The van der Waals surface area contributed by atoms with Crippen molar-refractivity contribution in [1.82, 2.24) is 14.9 Å². The third-order valence-electron chi connectivity index (χ3n) is 4.40. The maximum atomic E-state index is 9.13. The molecule has 0 bridgehead atoms. The van der Waals surface area contributed by atoms with Gasteiger partial charge in [0.1, 0.15) is 12.1 Å². The first-order valence-corrected chi connectivity index (χ1v) is 7.72. The summed E-state index contributed by atoms with van der Waals surface area (Å²) in [6.45, 7) is 6.35. The van der Waals surface area contributed by atoms with E-state index in [0.29, 0.717) is 6.04 Å². The normalized spacial score (nSPS) is 17.5. The summed E-state index contributed by atoms with van der Waals surface area (Å²) in [6, 6.07) is 10.6. The fraction of sp³-hybridized carbons (Fsp3) is 0.412. The van der Waals surface area contributed by atoms with Gasteiger partial charge in [-0.15, -0.1) is 0 Å². The first kappa shape index (κ1) is 14.9. The Kier molecular flexibility index (Phi) is 4.65. The number of benzene rings is 1. The lowest BCUT2D eigenvalue weighted by Crippen LogP contribution is -2.47. The molecule has 1 aromatic heterocycles. The number of piperazine rings is 1. The summed E-state index contributed by atoms with van der Waals surface area (Å²) in [5, 5.41) is 9.13. The molecule has 0 aliphatic carbocycles. The summed E-state index contributed by atoms with van der Waals surface area (Å²) >= 11 is 0. The summed E-state index contributed by atoms with van der Waals surface area (Å²) in [7, 11) is 0. The van der Waals surface area contributed by atoms with Crippen LogP contribution in [-0.4, -0.2) is 46.2 Å². The van der Waals surface area contributed by atoms with Crippen LogP contribution in [0.15, 0.2) is 42.9 Å². The number of aliphatic hydroxyl groups is 1. The van der Waals surface area contributed by atoms with Gasteiger partial charge in [0, 0.05) is 38.4 Å². The van der Waals surface area contributed by atoms with E-state index in [2.05, 4.69) is 38.8 Å². The zero-order valence-electron chi connectivity index (χ0n) is 12.9. The maximum Gasteiger partial charge on any atom is 0.131 e. The van der Waals surface area contributed by atoms with Gasteiger partial charge in [-0.1, -0.05) is 24.3 Å². The van der Waals surface area contributed by atoms with E-state index < -0.39 is 0 Å². The Morgan fingerprint density at radius 1 is 1.09 bits per heavy atom. The van der Waals surface area contributed by atoms with Gasteiger partial charge in [-0.05, 0) is 24.1 Å². The van der Waals surface area contributed by atoms with Crippen molar-refractivity contribution in [3.05, 3.63) is 54.0 Å². The highest BCUT2D eigenvalue weighted by molar-refractivity contribution is 5.37. The largest absolute Gasteiger partial charge is 0.392 e. The minimum absolute atomic E-state index is 0.103. The highest BCUT2D eigenvalue weighted by Crippen LogP contribution is 2.23. The molecule has 0 spiro atoms. The minimum atomic E-state index is 0.103. The lowest BCUT2D eigenvalue weighted by molar-refractivity contribution is 0.198. The summed E-state index contributed by atoms with van der Waals surface area (Å²) in [5.41, 5.74) is 2.26. The molecule has 5 nitrogen and oxygen atoms in total. The van der Waals surface area contributed by atoms with Crippen LogP contribution in [0.25, 0.3) is 0 Å². The summed E-state index contributed by atoms with van der Waals surface area (Å²) < 4.78 is 0. The molecular formula is C17H22N4O. The Hall–Kier alpha value is -1.98. The van der Waals surface area contributed by atoms with Crippen LogP contribution >= 0.6 is 0 Å². The zero-order chi connectivity index (χ0) is 15.4. The molecule has 0 radical (unpaired) electrons. The van der Waals surface area contributed by atoms with Crippen molar-refractivity contribution in [3.8, 4) is 0 Å². The maximum absolute atomic E-state index is 9.13. The van der Waals surface area contributed by atoms with E-state index in [1.54, 1.807) is 12.5 Å². The Morgan fingerprint density at radius 3 is 2.41 bits per heavy atom. The number of nitrogens with zero attached hydrogens (tertiary/aromatic N) is 4. The minimum Gasteiger partial charge on any atom is -0.392 e. The van der Waals surface area contributed by atoms with Crippen LogP contribution in [0.1, 0.15) is 24.1 Å². The predicted octanol–water partition coefficient (Wildman–Crippen LogP) is 1.85. The molecule has 3 rings (SSSR count). The molecule has 2 heterocycles. The van der Waals surface area contributed by atoms with Crippen LogP contribution in [0.5, 0.6) is 0 Å². The van der Waals surface area contributed by atoms with Gasteiger partial charge >= 0.3 is 0 Å². The van der Waals surface area contributed by atoms with E-state index in [1.807, 2.05) is 18.2 Å². The number of hydrogen-bond acceptors (Lipinski definition) is 5. The van der Waals surface area contributed by atoms with Crippen LogP contribution < -0.4 is 4.90 Å². The SMILES string of the molecule is C[C@H](c1ccc(CO)cc1)N1CCN(c2ccncn2)CC1. The average Bonchev–Trinajstić information content (AvgIpc) is 2.62. The van der Waals surface area contributed by atoms with Crippen molar-refractivity contribution in [3.63, 3.8) is 0 Å². The van der Waals surface area contributed by atoms with Gasteiger partial charge in [-0.2, -0.15) is 0 Å². The molecule has 1 aliphatic rings. The molecule has 1 atom stereocenters. The van der Waals surface area contributed by atoms with E-state index in [9.17, 15) is 0 Å². The second-order valence-electron chi connectivity index (χ2n) is 5.67. The second-order valence-corrected chi connectivity index (χ2v) is 5.67. The molecule has 22 heavy (non-hydrogen) atoms. The Labute approximate surface area is 131 Å². The average molecular weight is 298 g/mol.